The van der Waals surface area contributed by atoms with E-state index < -0.39 is 10.2 Å². The first-order valence-electron chi connectivity index (χ1n) is 5.83. The van der Waals surface area contributed by atoms with Crippen molar-refractivity contribution < 1.29 is 8.42 Å². The van der Waals surface area contributed by atoms with E-state index in [4.69, 9.17) is 0 Å². The van der Waals surface area contributed by atoms with Crippen LogP contribution in [0.5, 0.6) is 0 Å². The minimum absolute atomic E-state index is 0.00986. The van der Waals surface area contributed by atoms with E-state index in [1.165, 1.54) is 0 Å². The molecular formula is C10H21BrN2O2S. The third kappa shape index (κ3) is 3.98. The van der Waals surface area contributed by atoms with Crippen molar-refractivity contribution in [1.29, 1.82) is 0 Å². The van der Waals surface area contributed by atoms with Crippen LogP contribution in [0.3, 0.4) is 0 Å². The average molecular weight is 313 g/mol. The van der Waals surface area contributed by atoms with Gasteiger partial charge in [0.2, 0.25) is 0 Å². The number of hydrogen-bond donors (Lipinski definition) is 1. The maximum Gasteiger partial charge on any atom is 0.279 e. The molecule has 0 aromatic carbocycles. The van der Waals surface area contributed by atoms with Crippen molar-refractivity contribution >= 4 is 26.1 Å². The molecule has 96 valence electrons. The molecule has 6 heteroatoms. The number of alkyl halides is 1. The lowest BCUT2D eigenvalue weighted by Crippen LogP contribution is -2.48. The third-order valence-electron chi connectivity index (χ3n) is 3.08. The Morgan fingerprint density at radius 3 is 2.44 bits per heavy atom. The summed E-state index contributed by atoms with van der Waals surface area (Å²) < 4.78 is 28.3. The molecule has 0 bridgehead atoms. The lowest BCUT2D eigenvalue weighted by molar-refractivity contribution is 0.283. The van der Waals surface area contributed by atoms with E-state index >= 15 is 0 Å². The van der Waals surface area contributed by atoms with Crippen molar-refractivity contribution in [2.45, 2.75) is 39.2 Å². The fraction of sp³-hybridized carbons (Fsp3) is 1.00. The molecule has 1 atom stereocenters. The summed E-state index contributed by atoms with van der Waals surface area (Å²) in [5, 5.41) is 0.660. The Kier molecular flexibility index (Phi) is 5.70. The van der Waals surface area contributed by atoms with Crippen molar-refractivity contribution in [3.05, 3.63) is 0 Å². The highest BCUT2D eigenvalue weighted by atomic mass is 79.9. The minimum Gasteiger partial charge on any atom is -0.198 e. The zero-order chi connectivity index (χ0) is 12.2. The standard InChI is InChI=1S/C10H21BrN2O2S/c1-3-10(8-11)12-16(14,15)13-6-4-9(2)5-7-13/h9-10,12H,3-8H2,1-2H3. The summed E-state index contributed by atoms with van der Waals surface area (Å²) in [4.78, 5) is 0. The fourth-order valence-electron chi connectivity index (χ4n) is 1.73. The molecule has 1 N–H and O–H groups in total. The molecule has 16 heavy (non-hydrogen) atoms. The van der Waals surface area contributed by atoms with Gasteiger partial charge in [-0.1, -0.05) is 29.8 Å². The molecule has 4 nitrogen and oxygen atoms in total. The number of piperidine rings is 1. The highest BCUT2D eigenvalue weighted by Crippen LogP contribution is 2.18. The van der Waals surface area contributed by atoms with Gasteiger partial charge in [0.1, 0.15) is 0 Å². The number of rotatable bonds is 5. The Bertz CT molecular complexity index is 296. The molecule has 1 saturated heterocycles. The van der Waals surface area contributed by atoms with Crippen molar-refractivity contribution in [2.24, 2.45) is 5.92 Å². The summed E-state index contributed by atoms with van der Waals surface area (Å²) in [7, 11) is -3.28. The Hall–Kier alpha value is 0.350. The Labute approximate surface area is 107 Å². The van der Waals surface area contributed by atoms with E-state index in [0.29, 0.717) is 24.3 Å². The second kappa shape index (κ2) is 6.33. The van der Waals surface area contributed by atoms with Gasteiger partial charge in [0, 0.05) is 24.5 Å². The summed E-state index contributed by atoms with van der Waals surface area (Å²) in [5.74, 6) is 0.643. The highest BCUT2D eigenvalue weighted by Gasteiger charge is 2.27. The first-order valence-corrected chi connectivity index (χ1v) is 8.39. The van der Waals surface area contributed by atoms with E-state index in [-0.39, 0.29) is 6.04 Å². The molecule has 0 aromatic heterocycles. The van der Waals surface area contributed by atoms with Gasteiger partial charge < -0.3 is 0 Å². The number of nitrogens with zero attached hydrogens (tertiary/aromatic N) is 1. The summed E-state index contributed by atoms with van der Waals surface area (Å²) in [5.41, 5.74) is 0. The van der Waals surface area contributed by atoms with E-state index in [1.54, 1.807) is 4.31 Å². The van der Waals surface area contributed by atoms with Crippen molar-refractivity contribution in [1.82, 2.24) is 9.03 Å². The van der Waals surface area contributed by atoms with Gasteiger partial charge in [0.05, 0.1) is 0 Å². The lowest BCUT2D eigenvalue weighted by Gasteiger charge is -2.30. The second-order valence-corrected chi connectivity index (χ2v) is 6.81. The fourth-order valence-corrected chi connectivity index (χ4v) is 4.08. The van der Waals surface area contributed by atoms with Crippen molar-refractivity contribution in [3.8, 4) is 0 Å². The van der Waals surface area contributed by atoms with Gasteiger partial charge >= 0.3 is 0 Å². The van der Waals surface area contributed by atoms with E-state index in [0.717, 1.165) is 19.3 Å². The maximum absolute atomic E-state index is 12.0. The molecule has 0 aliphatic carbocycles. The van der Waals surface area contributed by atoms with Gasteiger partial charge in [-0.05, 0) is 25.2 Å². The smallest absolute Gasteiger partial charge is 0.198 e. The number of hydrogen-bond acceptors (Lipinski definition) is 2. The van der Waals surface area contributed by atoms with Gasteiger partial charge in [0.15, 0.2) is 0 Å². The van der Waals surface area contributed by atoms with Crippen LogP contribution >= 0.6 is 15.9 Å². The zero-order valence-corrected chi connectivity index (χ0v) is 12.3. The van der Waals surface area contributed by atoms with Crippen LogP contribution in [-0.2, 0) is 10.2 Å². The Balaban J connectivity index is 2.56. The zero-order valence-electron chi connectivity index (χ0n) is 9.95. The van der Waals surface area contributed by atoms with Crippen LogP contribution < -0.4 is 4.72 Å². The van der Waals surface area contributed by atoms with Gasteiger partial charge in [0.25, 0.3) is 10.2 Å². The molecule has 0 saturated carbocycles. The van der Waals surface area contributed by atoms with Crippen LogP contribution in [0.1, 0.15) is 33.1 Å². The predicted octanol–water partition coefficient (Wildman–Crippen LogP) is 1.73. The van der Waals surface area contributed by atoms with E-state index in [9.17, 15) is 8.42 Å². The molecule has 0 radical (unpaired) electrons. The SMILES string of the molecule is CCC(CBr)NS(=O)(=O)N1CCC(C)CC1. The Morgan fingerprint density at radius 1 is 1.44 bits per heavy atom. The minimum atomic E-state index is -3.28. The molecule has 1 rings (SSSR count). The monoisotopic (exact) mass is 312 g/mol. The molecule has 1 unspecified atom stereocenters. The van der Waals surface area contributed by atoms with E-state index in [2.05, 4.69) is 27.6 Å². The molecule has 1 heterocycles. The maximum atomic E-state index is 12.0. The summed E-state index contributed by atoms with van der Waals surface area (Å²) in [6.07, 6.45) is 2.73. The topological polar surface area (TPSA) is 49.4 Å². The van der Waals surface area contributed by atoms with Crippen LogP contribution in [0.15, 0.2) is 0 Å². The first-order chi connectivity index (χ1) is 7.49. The summed E-state index contributed by atoms with van der Waals surface area (Å²) >= 11 is 3.32. The number of halogens is 1. The van der Waals surface area contributed by atoms with Gasteiger partial charge in [-0.2, -0.15) is 17.4 Å². The molecular weight excluding hydrogens is 292 g/mol. The van der Waals surface area contributed by atoms with Crippen LogP contribution in [0.2, 0.25) is 0 Å². The van der Waals surface area contributed by atoms with E-state index in [1.807, 2.05) is 6.92 Å². The van der Waals surface area contributed by atoms with Crippen LogP contribution in [0.4, 0.5) is 0 Å². The normalized spacial score (nSPS) is 22.2. The second-order valence-electron chi connectivity index (χ2n) is 4.46. The molecule has 1 fully saturated rings. The predicted molar refractivity (Wildman–Crippen MR) is 69.9 cm³/mol. The van der Waals surface area contributed by atoms with Crippen molar-refractivity contribution in [3.63, 3.8) is 0 Å². The number of nitrogens with one attached hydrogen (secondary N) is 1. The van der Waals surface area contributed by atoms with Crippen LogP contribution in [0.25, 0.3) is 0 Å². The quantitative estimate of drug-likeness (QED) is 0.786. The van der Waals surface area contributed by atoms with Gasteiger partial charge in [-0.25, -0.2) is 0 Å². The summed E-state index contributed by atoms with van der Waals surface area (Å²) in [6.45, 7) is 5.45. The summed E-state index contributed by atoms with van der Waals surface area (Å²) in [6, 6.07) is -0.00986. The molecule has 0 amide bonds. The molecule has 1 aliphatic heterocycles. The largest absolute Gasteiger partial charge is 0.279 e. The van der Waals surface area contributed by atoms with Crippen LogP contribution in [0, 0.1) is 5.92 Å². The third-order valence-corrected chi connectivity index (χ3v) is 5.53. The highest BCUT2D eigenvalue weighted by molar-refractivity contribution is 9.09. The Morgan fingerprint density at radius 2 is 2.00 bits per heavy atom. The first kappa shape index (κ1) is 14.4. The van der Waals surface area contributed by atoms with Crippen molar-refractivity contribution in [2.75, 3.05) is 18.4 Å². The molecule has 0 aromatic rings. The lowest BCUT2D eigenvalue weighted by atomic mass is 10.0. The average Bonchev–Trinajstić information content (AvgIpc) is 2.26. The van der Waals surface area contributed by atoms with Gasteiger partial charge in [-0.3, -0.25) is 0 Å². The molecule has 1 aliphatic rings. The van der Waals surface area contributed by atoms with Crippen LogP contribution in [-0.4, -0.2) is 37.2 Å². The molecule has 0 spiro atoms. The van der Waals surface area contributed by atoms with Gasteiger partial charge in [-0.15, -0.1) is 0 Å².